The third-order valence-electron chi connectivity index (χ3n) is 3.36. The molecule has 2 rings (SSSR count). The van der Waals surface area contributed by atoms with Gasteiger partial charge in [-0.2, -0.15) is 5.26 Å². The molecule has 0 radical (unpaired) electrons. The van der Waals surface area contributed by atoms with Crippen molar-refractivity contribution in [2.24, 2.45) is 0 Å². The molecule has 0 bridgehead atoms. The number of benzene rings is 1. The summed E-state index contributed by atoms with van der Waals surface area (Å²) in [6, 6.07) is 9.91. The van der Waals surface area contributed by atoms with E-state index in [-0.39, 0.29) is 5.91 Å². The molecule has 1 N–H and O–H groups in total. The van der Waals surface area contributed by atoms with Crippen LogP contribution in [0.5, 0.6) is 0 Å². The summed E-state index contributed by atoms with van der Waals surface area (Å²) in [6.07, 6.45) is 5.85. The molecule has 1 aliphatic rings. The SMILES string of the molecule is N#CCSc1ccccc1C(=O)NC1CCCCC1. The minimum atomic E-state index is -0.00654. The van der Waals surface area contributed by atoms with Crippen LogP contribution in [0, 0.1) is 11.3 Å². The largest absolute Gasteiger partial charge is 0.349 e. The number of thioether (sulfide) groups is 1. The topological polar surface area (TPSA) is 52.9 Å². The van der Waals surface area contributed by atoms with Gasteiger partial charge in [0.25, 0.3) is 5.91 Å². The van der Waals surface area contributed by atoms with Gasteiger partial charge in [0.2, 0.25) is 0 Å². The first-order valence-electron chi connectivity index (χ1n) is 6.71. The van der Waals surface area contributed by atoms with Crippen molar-refractivity contribution in [1.82, 2.24) is 5.32 Å². The maximum atomic E-state index is 12.3. The normalized spacial score (nSPS) is 15.7. The van der Waals surface area contributed by atoms with Gasteiger partial charge in [-0.25, -0.2) is 0 Å². The quantitative estimate of drug-likeness (QED) is 0.856. The van der Waals surface area contributed by atoms with E-state index in [0.717, 1.165) is 17.7 Å². The molecular formula is C15H18N2OS. The van der Waals surface area contributed by atoms with Gasteiger partial charge in [-0.15, -0.1) is 11.8 Å². The van der Waals surface area contributed by atoms with E-state index in [2.05, 4.69) is 11.4 Å². The molecular weight excluding hydrogens is 256 g/mol. The Hall–Kier alpha value is -1.47. The number of nitriles is 1. The van der Waals surface area contributed by atoms with Crippen LogP contribution in [-0.4, -0.2) is 17.7 Å². The lowest BCUT2D eigenvalue weighted by atomic mass is 9.95. The number of rotatable bonds is 4. The van der Waals surface area contributed by atoms with Gasteiger partial charge in [-0.05, 0) is 25.0 Å². The van der Waals surface area contributed by atoms with Gasteiger partial charge >= 0.3 is 0 Å². The van der Waals surface area contributed by atoms with Gasteiger partial charge in [-0.1, -0.05) is 31.4 Å². The Bertz CT molecular complexity index is 475. The molecule has 4 heteroatoms. The third-order valence-corrected chi connectivity index (χ3v) is 4.30. The molecule has 0 unspecified atom stereocenters. The summed E-state index contributed by atoms with van der Waals surface area (Å²) in [7, 11) is 0. The highest BCUT2D eigenvalue weighted by atomic mass is 32.2. The molecule has 1 saturated carbocycles. The van der Waals surface area contributed by atoms with Crippen molar-refractivity contribution in [3.63, 3.8) is 0 Å². The summed E-state index contributed by atoms with van der Waals surface area (Å²) in [6.45, 7) is 0. The number of hydrogen-bond acceptors (Lipinski definition) is 3. The Morgan fingerprint density at radius 1 is 1.32 bits per heavy atom. The summed E-state index contributed by atoms with van der Waals surface area (Å²) in [5.74, 6) is 0.362. The van der Waals surface area contributed by atoms with E-state index in [0.29, 0.717) is 17.4 Å². The first-order valence-corrected chi connectivity index (χ1v) is 7.69. The first kappa shape index (κ1) is 14.0. The zero-order valence-electron chi connectivity index (χ0n) is 10.9. The Labute approximate surface area is 118 Å². The van der Waals surface area contributed by atoms with E-state index in [4.69, 9.17) is 5.26 Å². The van der Waals surface area contributed by atoms with Crippen LogP contribution in [-0.2, 0) is 0 Å². The number of nitrogens with zero attached hydrogens (tertiary/aromatic N) is 1. The molecule has 1 amide bonds. The summed E-state index contributed by atoms with van der Waals surface area (Å²) >= 11 is 1.42. The molecule has 1 aromatic carbocycles. The van der Waals surface area contributed by atoms with Crippen LogP contribution in [0.15, 0.2) is 29.2 Å². The zero-order valence-corrected chi connectivity index (χ0v) is 11.7. The molecule has 1 aliphatic carbocycles. The molecule has 3 nitrogen and oxygen atoms in total. The van der Waals surface area contributed by atoms with Crippen LogP contribution < -0.4 is 5.32 Å². The van der Waals surface area contributed by atoms with Crippen LogP contribution in [0.4, 0.5) is 0 Å². The van der Waals surface area contributed by atoms with Crippen LogP contribution >= 0.6 is 11.8 Å². The van der Waals surface area contributed by atoms with E-state index in [1.807, 2.05) is 24.3 Å². The Morgan fingerprint density at radius 3 is 2.79 bits per heavy atom. The second kappa shape index (κ2) is 7.20. The highest BCUT2D eigenvalue weighted by Gasteiger charge is 2.18. The minimum Gasteiger partial charge on any atom is -0.349 e. The third kappa shape index (κ3) is 4.00. The van der Waals surface area contributed by atoms with Crippen molar-refractivity contribution in [3.05, 3.63) is 29.8 Å². The molecule has 19 heavy (non-hydrogen) atoms. The minimum absolute atomic E-state index is 0.00654. The van der Waals surface area contributed by atoms with Crippen molar-refractivity contribution in [2.45, 2.75) is 43.0 Å². The highest BCUT2D eigenvalue weighted by Crippen LogP contribution is 2.23. The standard InChI is InChI=1S/C15H18N2OS/c16-10-11-19-14-9-5-4-8-13(14)15(18)17-12-6-2-1-3-7-12/h4-5,8-9,12H,1-3,6-7,11H2,(H,17,18). The molecule has 0 aromatic heterocycles. The Balaban J connectivity index is 2.03. The molecule has 0 saturated heterocycles. The summed E-state index contributed by atoms with van der Waals surface area (Å²) in [4.78, 5) is 13.2. The van der Waals surface area contributed by atoms with Crippen molar-refractivity contribution in [3.8, 4) is 6.07 Å². The maximum Gasteiger partial charge on any atom is 0.252 e. The van der Waals surface area contributed by atoms with E-state index < -0.39 is 0 Å². The number of nitrogens with one attached hydrogen (secondary N) is 1. The van der Waals surface area contributed by atoms with Crippen molar-refractivity contribution in [1.29, 1.82) is 5.26 Å². The molecule has 0 aliphatic heterocycles. The smallest absolute Gasteiger partial charge is 0.252 e. The molecule has 100 valence electrons. The van der Waals surface area contributed by atoms with E-state index in [1.54, 1.807) is 0 Å². The van der Waals surface area contributed by atoms with Crippen LogP contribution in [0.3, 0.4) is 0 Å². The van der Waals surface area contributed by atoms with E-state index >= 15 is 0 Å². The van der Waals surface area contributed by atoms with Gasteiger partial charge in [-0.3, -0.25) is 4.79 Å². The molecule has 0 heterocycles. The van der Waals surface area contributed by atoms with Crippen molar-refractivity contribution >= 4 is 17.7 Å². The number of hydrogen-bond donors (Lipinski definition) is 1. The maximum absolute atomic E-state index is 12.3. The fourth-order valence-electron chi connectivity index (χ4n) is 2.40. The first-order chi connectivity index (χ1) is 9.31. The second-order valence-corrected chi connectivity index (χ2v) is 5.77. The lowest BCUT2D eigenvalue weighted by Gasteiger charge is -2.23. The molecule has 1 aromatic rings. The van der Waals surface area contributed by atoms with Crippen molar-refractivity contribution < 1.29 is 4.79 Å². The summed E-state index contributed by atoms with van der Waals surface area (Å²) in [5, 5.41) is 11.8. The zero-order chi connectivity index (χ0) is 13.5. The number of amides is 1. The van der Waals surface area contributed by atoms with Gasteiger partial charge in [0.1, 0.15) is 0 Å². The fourth-order valence-corrected chi connectivity index (χ4v) is 3.11. The highest BCUT2D eigenvalue weighted by molar-refractivity contribution is 7.99. The van der Waals surface area contributed by atoms with Crippen molar-refractivity contribution in [2.75, 3.05) is 5.75 Å². The average Bonchev–Trinajstić information content (AvgIpc) is 2.46. The predicted octanol–water partition coefficient (Wildman–Crippen LogP) is 3.36. The number of carbonyl (C=O) groups is 1. The summed E-state index contributed by atoms with van der Waals surface area (Å²) in [5.41, 5.74) is 0.688. The molecule has 0 atom stereocenters. The number of carbonyl (C=O) groups excluding carboxylic acids is 1. The fraction of sp³-hybridized carbons (Fsp3) is 0.467. The van der Waals surface area contributed by atoms with Gasteiger partial charge in [0, 0.05) is 10.9 Å². The lowest BCUT2D eigenvalue weighted by Crippen LogP contribution is -2.36. The Morgan fingerprint density at radius 2 is 2.05 bits per heavy atom. The van der Waals surface area contributed by atoms with Gasteiger partial charge in [0.05, 0.1) is 17.4 Å². The Kier molecular flexibility index (Phi) is 5.29. The lowest BCUT2D eigenvalue weighted by molar-refractivity contribution is 0.0925. The van der Waals surface area contributed by atoms with E-state index in [1.165, 1.54) is 31.0 Å². The molecule has 0 spiro atoms. The molecule has 1 fully saturated rings. The summed E-state index contributed by atoms with van der Waals surface area (Å²) < 4.78 is 0. The van der Waals surface area contributed by atoms with Crippen LogP contribution in [0.2, 0.25) is 0 Å². The van der Waals surface area contributed by atoms with E-state index in [9.17, 15) is 4.79 Å². The van der Waals surface area contributed by atoms with Crippen LogP contribution in [0.1, 0.15) is 42.5 Å². The van der Waals surface area contributed by atoms with Gasteiger partial charge < -0.3 is 5.32 Å². The van der Waals surface area contributed by atoms with Crippen LogP contribution in [0.25, 0.3) is 0 Å². The monoisotopic (exact) mass is 274 g/mol. The second-order valence-electron chi connectivity index (χ2n) is 4.75. The average molecular weight is 274 g/mol. The van der Waals surface area contributed by atoms with Gasteiger partial charge in [0.15, 0.2) is 0 Å². The predicted molar refractivity (Wildman–Crippen MR) is 77.1 cm³/mol.